The number of carbonyl (C=O) groups excluding carboxylic acids is 2. The van der Waals surface area contributed by atoms with Crippen LogP contribution in [0.3, 0.4) is 0 Å². The third-order valence-electron chi connectivity index (χ3n) is 4.63. The van der Waals surface area contributed by atoms with Gasteiger partial charge in [-0.05, 0) is 48.9 Å². The molecule has 1 heterocycles. The smallest absolute Gasteiger partial charge is 0.254 e. The number of hydrogen-bond donors (Lipinski definition) is 1. The van der Waals surface area contributed by atoms with Gasteiger partial charge < -0.3 is 10.1 Å². The quantitative estimate of drug-likeness (QED) is 0.799. The van der Waals surface area contributed by atoms with Crippen molar-refractivity contribution in [3.05, 3.63) is 89.1 Å². The van der Waals surface area contributed by atoms with Crippen LogP contribution in [0.15, 0.2) is 84.1 Å². The van der Waals surface area contributed by atoms with Gasteiger partial charge in [-0.3, -0.25) is 14.5 Å². The maximum Gasteiger partial charge on any atom is 0.254 e. The normalized spacial score (nSPS) is 20.2. The van der Waals surface area contributed by atoms with E-state index in [0.717, 1.165) is 5.70 Å². The number of para-hydroxylation sites is 2. The number of carbonyl (C=O) groups is 2. The van der Waals surface area contributed by atoms with Crippen molar-refractivity contribution in [1.82, 2.24) is 5.32 Å². The molecule has 0 saturated carbocycles. The number of halogens is 1. The van der Waals surface area contributed by atoms with Crippen molar-refractivity contribution in [1.29, 1.82) is 0 Å². The summed E-state index contributed by atoms with van der Waals surface area (Å²) in [5.41, 5.74) is 1.89. The molecular formula is C23H19ClN2O3. The van der Waals surface area contributed by atoms with Crippen LogP contribution in [0.2, 0.25) is 5.02 Å². The number of anilines is 1. The van der Waals surface area contributed by atoms with Crippen molar-refractivity contribution in [2.45, 2.75) is 12.8 Å². The zero-order valence-corrected chi connectivity index (χ0v) is 16.4. The Kier molecular flexibility index (Phi) is 5.49. The minimum Gasteiger partial charge on any atom is -0.455 e. The van der Waals surface area contributed by atoms with Gasteiger partial charge >= 0.3 is 0 Å². The average molecular weight is 407 g/mol. The standard InChI is InChI=1S/C23H19ClN2O3/c24-17-10-12-19(13-11-17)29-21-9-5-4-8-20(21)26-15-22(27)25-18-7-3-1-2-6-16(14-18)23(26)28/h1,3-13H,2,14-15H2,(H,25,27)/b3-1?,16-6+,18-7+. The molecule has 4 rings (SSSR count). The molecule has 1 fully saturated rings. The summed E-state index contributed by atoms with van der Waals surface area (Å²) in [6, 6.07) is 14.2. The molecule has 0 spiro atoms. The van der Waals surface area contributed by atoms with E-state index < -0.39 is 0 Å². The van der Waals surface area contributed by atoms with Crippen LogP contribution in [0.1, 0.15) is 12.8 Å². The number of allylic oxidation sites excluding steroid dienone is 5. The average Bonchev–Trinajstić information content (AvgIpc) is 2.69. The topological polar surface area (TPSA) is 58.6 Å². The van der Waals surface area contributed by atoms with E-state index in [9.17, 15) is 9.59 Å². The molecular weight excluding hydrogens is 388 g/mol. The Labute approximate surface area is 173 Å². The maximum atomic E-state index is 13.3. The van der Waals surface area contributed by atoms with Crippen molar-refractivity contribution in [2.24, 2.45) is 0 Å². The van der Waals surface area contributed by atoms with Crippen LogP contribution in [-0.2, 0) is 9.59 Å². The van der Waals surface area contributed by atoms with Crippen LogP contribution in [0.4, 0.5) is 5.69 Å². The summed E-state index contributed by atoms with van der Waals surface area (Å²) in [5, 5.41) is 3.50. The molecule has 1 N–H and O–H groups in total. The number of nitrogens with zero attached hydrogens (tertiary/aromatic N) is 1. The summed E-state index contributed by atoms with van der Waals surface area (Å²) in [4.78, 5) is 27.3. The Morgan fingerprint density at radius 1 is 1.03 bits per heavy atom. The number of nitrogens with one attached hydrogen (secondary N) is 1. The van der Waals surface area contributed by atoms with Gasteiger partial charge in [-0.1, -0.05) is 42.0 Å². The van der Waals surface area contributed by atoms with Crippen molar-refractivity contribution in [3.8, 4) is 11.5 Å². The predicted octanol–water partition coefficient (Wildman–Crippen LogP) is 4.76. The lowest BCUT2D eigenvalue weighted by molar-refractivity contribution is -0.122. The fourth-order valence-corrected chi connectivity index (χ4v) is 3.38. The third-order valence-corrected chi connectivity index (χ3v) is 4.89. The molecule has 1 aliphatic carbocycles. The van der Waals surface area contributed by atoms with E-state index >= 15 is 0 Å². The largest absolute Gasteiger partial charge is 0.455 e. The zero-order valence-electron chi connectivity index (χ0n) is 15.6. The Morgan fingerprint density at radius 3 is 2.66 bits per heavy atom. The molecule has 2 aliphatic rings. The van der Waals surface area contributed by atoms with Crippen LogP contribution in [0, 0.1) is 0 Å². The van der Waals surface area contributed by atoms with Crippen molar-refractivity contribution in [2.75, 3.05) is 11.4 Å². The van der Waals surface area contributed by atoms with Gasteiger partial charge in [-0.2, -0.15) is 0 Å². The first-order valence-corrected chi connectivity index (χ1v) is 9.67. The van der Waals surface area contributed by atoms with Crippen LogP contribution in [0.5, 0.6) is 11.5 Å². The van der Waals surface area contributed by atoms with Gasteiger partial charge in [0.1, 0.15) is 12.3 Å². The minimum atomic E-state index is -0.251. The molecule has 0 atom stereocenters. The van der Waals surface area contributed by atoms with Gasteiger partial charge in [0.15, 0.2) is 5.75 Å². The van der Waals surface area contributed by atoms with E-state index in [1.54, 1.807) is 36.4 Å². The van der Waals surface area contributed by atoms with Crippen molar-refractivity contribution in [3.63, 3.8) is 0 Å². The highest BCUT2D eigenvalue weighted by atomic mass is 35.5. The van der Waals surface area contributed by atoms with E-state index in [0.29, 0.717) is 40.6 Å². The molecule has 0 aromatic heterocycles. The first kappa shape index (κ1) is 19.0. The van der Waals surface area contributed by atoms with Gasteiger partial charge in [0.25, 0.3) is 5.91 Å². The summed E-state index contributed by atoms with van der Waals surface area (Å²) >= 11 is 5.94. The molecule has 5 nitrogen and oxygen atoms in total. The summed E-state index contributed by atoms with van der Waals surface area (Å²) in [7, 11) is 0. The van der Waals surface area contributed by atoms with Crippen LogP contribution < -0.4 is 15.0 Å². The minimum absolute atomic E-state index is 0.0990. The van der Waals surface area contributed by atoms with E-state index in [-0.39, 0.29) is 18.4 Å². The number of hydrogen-bond acceptors (Lipinski definition) is 3. The first-order valence-electron chi connectivity index (χ1n) is 9.29. The summed E-state index contributed by atoms with van der Waals surface area (Å²) in [6.07, 6.45) is 8.62. The monoisotopic (exact) mass is 406 g/mol. The SMILES string of the molecule is O=C1CN(c2ccccc2Oc2ccc(Cl)cc2)C(=O)/C2=C/CC=C/C=C(\C2)N1. The van der Waals surface area contributed by atoms with Crippen molar-refractivity contribution >= 4 is 29.1 Å². The maximum absolute atomic E-state index is 13.3. The van der Waals surface area contributed by atoms with Crippen LogP contribution in [0.25, 0.3) is 0 Å². The van der Waals surface area contributed by atoms with Crippen LogP contribution >= 0.6 is 11.6 Å². The second-order valence-corrected chi connectivity index (χ2v) is 7.16. The highest BCUT2D eigenvalue weighted by Gasteiger charge is 2.28. The van der Waals surface area contributed by atoms with E-state index in [2.05, 4.69) is 5.32 Å². The lowest BCUT2D eigenvalue weighted by Gasteiger charge is -2.28. The first-order chi connectivity index (χ1) is 14.1. The highest BCUT2D eigenvalue weighted by molar-refractivity contribution is 6.30. The van der Waals surface area contributed by atoms with E-state index in [1.165, 1.54) is 4.90 Å². The molecule has 2 aromatic carbocycles. The van der Waals surface area contributed by atoms with E-state index in [1.807, 2.05) is 36.4 Å². The molecule has 1 saturated heterocycles. The number of fused-ring (bicyclic) bond motifs is 2. The number of benzene rings is 2. The Balaban J connectivity index is 1.70. The lowest BCUT2D eigenvalue weighted by atomic mass is 10.0. The summed E-state index contributed by atoms with van der Waals surface area (Å²) < 4.78 is 6.00. The van der Waals surface area contributed by atoms with Gasteiger partial charge in [0.05, 0.1) is 5.69 Å². The molecule has 1 aliphatic heterocycles. The Morgan fingerprint density at radius 2 is 1.83 bits per heavy atom. The van der Waals surface area contributed by atoms with E-state index in [4.69, 9.17) is 16.3 Å². The van der Waals surface area contributed by atoms with Gasteiger partial charge in [0, 0.05) is 22.7 Å². The zero-order chi connectivity index (χ0) is 20.2. The molecule has 0 unspecified atom stereocenters. The summed E-state index contributed by atoms with van der Waals surface area (Å²) in [6.45, 7) is -0.0990. The summed E-state index contributed by atoms with van der Waals surface area (Å²) in [5.74, 6) is 0.622. The number of amides is 2. The van der Waals surface area contributed by atoms with Gasteiger partial charge in [-0.25, -0.2) is 0 Å². The molecule has 6 heteroatoms. The molecule has 146 valence electrons. The molecule has 2 aromatic rings. The molecule has 2 bridgehead atoms. The predicted molar refractivity (Wildman–Crippen MR) is 113 cm³/mol. The third kappa shape index (κ3) is 4.41. The van der Waals surface area contributed by atoms with Gasteiger partial charge in [0.2, 0.25) is 5.91 Å². The Bertz CT molecular complexity index is 1040. The fourth-order valence-electron chi connectivity index (χ4n) is 3.26. The number of rotatable bonds is 3. The molecule has 29 heavy (non-hydrogen) atoms. The van der Waals surface area contributed by atoms with Crippen LogP contribution in [-0.4, -0.2) is 18.4 Å². The molecule has 0 radical (unpaired) electrons. The second-order valence-electron chi connectivity index (χ2n) is 6.73. The van der Waals surface area contributed by atoms with Gasteiger partial charge in [-0.15, -0.1) is 0 Å². The highest BCUT2D eigenvalue weighted by Crippen LogP contribution is 2.34. The second kappa shape index (κ2) is 8.37. The number of ether oxygens (including phenoxy) is 1. The molecule has 2 amide bonds. The Hall–Kier alpha value is -3.31. The lowest BCUT2D eigenvalue weighted by Crippen LogP contribution is -2.44. The van der Waals surface area contributed by atoms with Crippen molar-refractivity contribution < 1.29 is 14.3 Å². The fraction of sp³-hybridized carbons (Fsp3) is 0.130.